The van der Waals surface area contributed by atoms with Crippen molar-refractivity contribution in [2.24, 2.45) is 0 Å². The van der Waals surface area contributed by atoms with E-state index in [0.29, 0.717) is 26.3 Å². The number of hydrogen-bond acceptors (Lipinski definition) is 6. The number of H-pyrrole nitrogens is 1. The van der Waals surface area contributed by atoms with Crippen molar-refractivity contribution in [3.05, 3.63) is 79.2 Å². The Labute approximate surface area is 164 Å². The van der Waals surface area contributed by atoms with Crippen molar-refractivity contribution < 1.29 is 4.39 Å². The number of aromatic nitrogens is 4. The molecule has 1 N–H and O–H groups in total. The van der Waals surface area contributed by atoms with E-state index >= 15 is 0 Å². The molecule has 0 fully saturated rings. The van der Waals surface area contributed by atoms with Crippen LogP contribution in [0.1, 0.15) is 5.56 Å². The molecule has 0 bridgehead atoms. The first-order valence-electron chi connectivity index (χ1n) is 7.65. The second kappa shape index (κ2) is 7.26. The quantitative estimate of drug-likeness (QED) is 0.403. The average Bonchev–Trinajstić information content (AvgIpc) is 3.13. The van der Waals surface area contributed by atoms with Crippen molar-refractivity contribution in [1.82, 2.24) is 19.5 Å². The van der Waals surface area contributed by atoms with Crippen LogP contribution in [0, 0.1) is 5.82 Å². The van der Waals surface area contributed by atoms with Gasteiger partial charge in [-0.25, -0.2) is 14.4 Å². The number of pyridine rings is 1. The van der Waals surface area contributed by atoms with Gasteiger partial charge in [-0.15, -0.1) is 11.3 Å². The molecule has 3 heterocycles. The molecule has 6 nitrogen and oxygen atoms in total. The van der Waals surface area contributed by atoms with Crippen molar-refractivity contribution >= 4 is 45.0 Å². The number of thioether (sulfide) groups is 1. The first-order chi connectivity index (χ1) is 13.0. The van der Waals surface area contributed by atoms with Crippen molar-refractivity contribution in [2.75, 3.05) is 0 Å². The fraction of sp³-hybridized carbons (Fsp3) is 0.0588. The van der Waals surface area contributed by atoms with Gasteiger partial charge in [-0.3, -0.25) is 14.2 Å². The van der Waals surface area contributed by atoms with Crippen LogP contribution < -0.4 is 11.1 Å². The van der Waals surface area contributed by atoms with Crippen molar-refractivity contribution in [1.29, 1.82) is 0 Å². The normalized spacial score (nSPS) is 11.2. The Morgan fingerprint density at radius 1 is 1.26 bits per heavy atom. The van der Waals surface area contributed by atoms with Crippen LogP contribution in [0.3, 0.4) is 0 Å². The van der Waals surface area contributed by atoms with Crippen LogP contribution in [0.2, 0.25) is 5.02 Å². The van der Waals surface area contributed by atoms with Gasteiger partial charge in [-0.1, -0.05) is 35.5 Å². The highest BCUT2D eigenvalue weighted by Gasteiger charge is 2.16. The van der Waals surface area contributed by atoms with E-state index in [0.717, 1.165) is 23.0 Å². The second-order valence-corrected chi connectivity index (χ2v) is 7.72. The Morgan fingerprint density at radius 2 is 2.04 bits per heavy atom. The van der Waals surface area contributed by atoms with Gasteiger partial charge in [0.15, 0.2) is 16.6 Å². The summed E-state index contributed by atoms with van der Waals surface area (Å²) in [6.07, 6.45) is 1.29. The minimum atomic E-state index is -0.975. The van der Waals surface area contributed by atoms with E-state index < -0.39 is 11.4 Å². The largest absolute Gasteiger partial charge is 0.324 e. The lowest BCUT2D eigenvalue weighted by atomic mass is 10.2. The first-order valence-corrected chi connectivity index (χ1v) is 9.89. The van der Waals surface area contributed by atoms with E-state index in [9.17, 15) is 14.0 Å². The third kappa shape index (κ3) is 3.53. The number of nitrogens with one attached hydrogen (secondary N) is 1. The topological polar surface area (TPSA) is 80.6 Å². The summed E-state index contributed by atoms with van der Waals surface area (Å²) < 4.78 is 15.4. The lowest BCUT2D eigenvalue weighted by Gasteiger charge is -2.11. The fourth-order valence-electron chi connectivity index (χ4n) is 2.42. The van der Waals surface area contributed by atoms with Gasteiger partial charge >= 0.3 is 0 Å². The van der Waals surface area contributed by atoms with Crippen LogP contribution in [-0.4, -0.2) is 19.5 Å². The van der Waals surface area contributed by atoms with Gasteiger partial charge in [-0.2, -0.15) is 0 Å². The number of nitrogens with zero attached hydrogens (tertiary/aromatic N) is 3. The maximum Gasteiger partial charge on any atom is 0.284 e. The molecular weight excluding hydrogens is 411 g/mol. The van der Waals surface area contributed by atoms with Gasteiger partial charge in [0.05, 0.1) is 11.2 Å². The van der Waals surface area contributed by atoms with Gasteiger partial charge in [-0.05, 0) is 17.7 Å². The second-order valence-electron chi connectivity index (χ2n) is 5.49. The summed E-state index contributed by atoms with van der Waals surface area (Å²) in [6, 6.07) is 8.32. The zero-order chi connectivity index (χ0) is 19.0. The highest BCUT2D eigenvalue weighted by molar-refractivity contribution is 7.98. The number of thiazole rings is 1. The number of halogens is 2. The number of hydrogen-bond donors (Lipinski definition) is 1. The Morgan fingerprint density at radius 3 is 2.78 bits per heavy atom. The molecule has 0 spiro atoms. The molecule has 10 heteroatoms. The van der Waals surface area contributed by atoms with Crippen LogP contribution >= 0.6 is 34.7 Å². The monoisotopic (exact) mass is 420 g/mol. The Kier molecular flexibility index (Phi) is 4.81. The molecule has 0 radical (unpaired) electrons. The molecular formula is C17H10ClFN4O2S2. The Hall–Kier alpha value is -2.49. The minimum absolute atomic E-state index is 0.193. The smallest absolute Gasteiger partial charge is 0.284 e. The predicted molar refractivity (Wildman–Crippen MR) is 105 cm³/mol. The summed E-state index contributed by atoms with van der Waals surface area (Å²) in [7, 11) is 0. The zero-order valence-corrected chi connectivity index (χ0v) is 15.9. The summed E-state index contributed by atoms with van der Waals surface area (Å²) >= 11 is 8.36. The number of fused-ring (bicyclic) bond motifs is 1. The highest BCUT2D eigenvalue weighted by atomic mass is 35.5. The molecule has 136 valence electrons. The Balaban J connectivity index is 1.82. The van der Waals surface area contributed by atoms with E-state index in [1.807, 2.05) is 12.1 Å². The molecule has 0 amide bonds. The lowest BCUT2D eigenvalue weighted by Crippen LogP contribution is -2.23. The van der Waals surface area contributed by atoms with E-state index in [2.05, 4.69) is 15.0 Å². The molecule has 0 unspecified atom stereocenters. The van der Waals surface area contributed by atoms with Crippen LogP contribution in [0.25, 0.3) is 16.0 Å². The van der Waals surface area contributed by atoms with Gasteiger partial charge < -0.3 is 4.98 Å². The van der Waals surface area contributed by atoms with Crippen molar-refractivity contribution in [2.45, 2.75) is 10.9 Å². The molecule has 1 aromatic carbocycles. The van der Waals surface area contributed by atoms with Crippen LogP contribution in [0.4, 0.5) is 4.39 Å². The molecule has 27 heavy (non-hydrogen) atoms. The van der Waals surface area contributed by atoms with E-state index in [4.69, 9.17) is 11.6 Å². The van der Waals surface area contributed by atoms with Gasteiger partial charge in [0.2, 0.25) is 0 Å². The predicted octanol–water partition coefficient (Wildman–Crippen LogP) is 3.62. The first kappa shape index (κ1) is 17.9. The van der Waals surface area contributed by atoms with E-state index in [-0.39, 0.29) is 11.2 Å². The van der Waals surface area contributed by atoms with Gasteiger partial charge in [0.25, 0.3) is 11.1 Å². The highest BCUT2D eigenvalue weighted by Crippen LogP contribution is 2.25. The average molecular weight is 421 g/mol. The van der Waals surface area contributed by atoms with Crippen LogP contribution in [-0.2, 0) is 5.75 Å². The summed E-state index contributed by atoms with van der Waals surface area (Å²) in [5, 5.41) is 0.978. The van der Waals surface area contributed by atoms with E-state index in [1.165, 1.54) is 28.0 Å². The molecule has 3 aromatic heterocycles. The Bertz CT molecular complexity index is 1250. The third-order valence-corrected chi connectivity index (χ3v) is 5.79. The third-order valence-electron chi connectivity index (χ3n) is 3.72. The molecule has 0 aliphatic heterocycles. The maximum absolute atomic E-state index is 13.8. The van der Waals surface area contributed by atoms with Crippen LogP contribution in [0.15, 0.2) is 56.8 Å². The maximum atomic E-state index is 13.8. The summed E-state index contributed by atoms with van der Waals surface area (Å²) in [6.45, 7) is 0. The summed E-state index contributed by atoms with van der Waals surface area (Å²) in [4.78, 5) is 35.1. The lowest BCUT2D eigenvalue weighted by molar-refractivity contribution is 0.605. The molecule has 0 saturated carbocycles. The molecule has 0 atom stereocenters. The number of aromatic amines is 1. The molecule has 0 aliphatic carbocycles. The summed E-state index contributed by atoms with van der Waals surface area (Å²) in [5.41, 5.74) is 1.82. The van der Waals surface area contributed by atoms with Crippen molar-refractivity contribution in [3.8, 4) is 5.69 Å². The summed E-state index contributed by atoms with van der Waals surface area (Å²) in [5.74, 6) is -0.456. The van der Waals surface area contributed by atoms with Gasteiger partial charge in [0.1, 0.15) is 4.70 Å². The zero-order valence-electron chi connectivity index (χ0n) is 13.5. The minimum Gasteiger partial charge on any atom is -0.324 e. The van der Waals surface area contributed by atoms with Crippen LogP contribution in [0.5, 0.6) is 0 Å². The SMILES string of the molecule is O=c1[nH]cc(-n2c(SCc3ccc(Cl)cc3)nc3ncsc3c2=O)cc1F. The molecule has 4 rings (SSSR count). The number of rotatable bonds is 4. The van der Waals surface area contributed by atoms with E-state index in [1.54, 1.807) is 12.1 Å². The standard InChI is InChI=1S/C17H10ClFN4O2S2/c18-10-3-1-9(2-4-10)7-26-17-22-14-13(27-8-21-14)16(25)23(17)11-5-12(19)15(24)20-6-11/h1-6,8H,7H2,(H,20,24). The van der Waals surface area contributed by atoms with Gasteiger partial charge in [0, 0.05) is 23.0 Å². The molecule has 0 aliphatic rings. The van der Waals surface area contributed by atoms with Crippen molar-refractivity contribution in [3.63, 3.8) is 0 Å². The fourth-order valence-corrected chi connectivity index (χ4v) is 4.16. The number of benzene rings is 1. The molecule has 0 saturated heterocycles. The molecule has 4 aromatic rings.